The van der Waals surface area contributed by atoms with Crippen molar-refractivity contribution in [1.29, 1.82) is 0 Å². The lowest BCUT2D eigenvalue weighted by molar-refractivity contribution is -0.118. The van der Waals surface area contributed by atoms with E-state index in [9.17, 15) is 9.59 Å². The summed E-state index contributed by atoms with van der Waals surface area (Å²) in [5.74, 6) is -0.714. The Morgan fingerprint density at radius 2 is 2.05 bits per heavy atom. The van der Waals surface area contributed by atoms with Crippen LogP contribution in [0.5, 0.6) is 5.75 Å². The van der Waals surface area contributed by atoms with Gasteiger partial charge in [0.25, 0.3) is 0 Å². The summed E-state index contributed by atoms with van der Waals surface area (Å²) in [7, 11) is 1.44. The van der Waals surface area contributed by atoms with E-state index in [1.54, 1.807) is 6.07 Å². The number of methoxy groups -OCH3 is 1. The summed E-state index contributed by atoms with van der Waals surface area (Å²) in [4.78, 5) is 22.9. The molecule has 0 saturated heterocycles. The Labute approximate surface area is 111 Å². The van der Waals surface area contributed by atoms with E-state index in [-0.39, 0.29) is 22.8 Å². The number of anilines is 1. The van der Waals surface area contributed by atoms with Gasteiger partial charge in [0.2, 0.25) is 5.91 Å². The molecule has 1 saturated carbocycles. The van der Waals surface area contributed by atoms with E-state index in [4.69, 9.17) is 9.84 Å². The van der Waals surface area contributed by atoms with Crippen molar-refractivity contribution in [3.63, 3.8) is 0 Å². The first-order chi connectivity index (χ1) is 8.85. The molecule has 5 heteroatoms. The summed E-state index contributed by atoms with van der Waals surface area (Å²) < 4.78 is 5.11. The molecular weight excluding hydrogens is 246 g/mol. The lowest BCUT2D eigenvalue weighted by atomic mass is 10.1. The van der Waals surface area contributed by atoms with Crippen LogP contribution in [0.2, 0.25) is 0 Å². The SMILES string of the molecule is COc1cc(C(=O)O)ccc1NC(=O)C1CC1(C)C. The highest BCUT2D eigenvalue weighted by molar-refractivity contribution is 5.97. The number of hydrogen-bond donors (Lipinski definition) is 2. The Morgan fingerprint density at radius 3 is 2.53 bits per heavy atom. The third kappa shape index (κ3) is 2.70. The van der Waals surface area contributed by atoms with E-state index in [0.29, 0.717) is 11.4 Å². The maximum atomic E-state index is 12.0. The van der Waals surface area contributed by atoms with Gasteiger partial charge in [-0.1, -0.05) is 13.8 Å². The van der Waals surface area contributed by atoms with Gasteiger partial charge in [0, 0.05) is 5.92 Å². The highest BCUT2D eigenvalue weighted by Gasteiger charge is 2.50. The highest BCUT2D eigenvalue weighted by atomic mass is 16.5. The molecule has 0 bridgehead atoms. The number of nitrogens with one attached hydrogen (secondary N) is 1. The average Bonchev–Trinajstić information content (AvgIpc) is 2.98. The zero-order valence-electron chi connectivity index (χ0n) is 11.2. The van der Waals surface area contributed by atoms with Gasteiger partial charge in [-0.05, 0) is 30.0 Å². The standard InChI is InChI=1S/C14H17NO4/c1-14(2)7-9(14)12(16)15-10-5-4-8(13(17)18)6-11(10)19-3/h4-6,9H,7H2,1-3H3,(H,15,16)(H,17,18). The molecule has 1 aromatic carbocycles. The quantitative estimate of drug-likeness (QED) is 0.874. The molecule has 0 aliphatic heterocycles. The fourth-order valence-corrected chi connectivity index (χ4v) is 2.06. The Bertz CT molecular complexity index is 536. The summed E-state index contributed by atoms with van der Waals surface area (Å²) in [5.41, 5.74) is 0.681. The molecule has 2 rings (SSSR count). The van der Waals surface area contributed by atoms with Gasteiger partial charge in [-0.3, -0.25) is 4.79 Å². The Morgan fingerprint density at radius 1 is 1.42 bits per heavy atom. The maximum Gasteiger partial charge on any atom is 0.335 e. The molecule has 1 fully saturated rings. The van der Waals surface area contributed by atoms with E-state index in [0.717, 1.165) is 6.42 Å². The van der Waals surface area contributed by atoms with Gasteiger partial charge >= 0.3 is 5.97 Å². The van der Waals surface area contributed by atoms with Crippen LogP contribution in [0.15, 0.2) is 18.2 Å². The molecule has 1 amide bonds. The van der Waals surface area contributed by atoms with Crippen LogP contribution in [0.25, 0.3) is 0 Å². The maximum absolute atomic E-state index is 12.0. The van der Waals surface area contributed by atoms with E-state index in [1.165, 1.54) is 19.2 Å². The molecule has 102 valence electrons. The molecule has 1 aromatic rings. The third-order valence-electron chi connectivity index (χ3n) is 3.54. The Balaban J connectivity index is 2.16. The average molecular weight is 263 g/mol. The number of aromatic carboxylic acids is 1. The minimum atomic E-state index is -1.03. The third-order valence-corrected chi connectivity index (χ3v) is 3.54. The Kier molecular flexibility index (Phi) is 3.22. The van der Waals surface area contributed by atoms with Crippen LogP contribution in [-0.4, -0.2) is 24.1 Å². The van der Waals surface area contributed by atoms with Gasteiger partial charge in [-0.2, -0.15) is 0 Å². The number of benzene rings is 1. The first-order valence-electron chi connectivity index (χ1n) is 6.07. The number of ether oxygens (including phenoxy) is 1. The van der Waals surface area contributed by atoms with Crippen LogP contribution in [0.1, 0.15) is 30.6 Å². The molecule has 0 heterocycles. The lowest BCUT2D eigenvalue weighted by Gasteiger charge is -2.11. The first kappa shape index (κ1) is 13.4. The first-order valence-corrected chi connectivity index (χ1v) is 6.07. The molecule has 0 aromatic heterocycles. The number of carboxylic acid groups (broad SMARTS) is 1. The van der Waals surface area contributed by atoms with Crippen molar-refractivity contribution in [3.05, 3.63) is 23.8 Å². The fourth-order valence-electron chi connectivity index (χ4n) is 2.06. The van der Waals surface area contributed by atoms with E-state index in [2.05, 4.69) is 5.32 Å². The second-order valence-electron chi connectivity index (χ2n) is 5.45. The van der Waals surface area contributed by atoms with Gasteiger partial charge in [0.1, 0.15) is 5.75 Å². The van der Waals surface area contributed by atoms with Crippen LogP contribution < -0.4 is 10.1 Å². The van der Waals surface area contributed by atoms with Crippen LogP contribution in [-0.2, 0) is 4.79 Å². The zero-order valence-corrected chi connectivity index (χ0v) is 11.2. The summed E-state index contributed by atoms with van der Waals surface area (Å²) in [6.45, 7) is 4.09. The molecular formula is C14H17NO4. The minimum Gasteiger partial charge on any atom is -0.495 e. The van der Waals surface area contributed by atoms with Crippen LogP contribution in [0.4, 0.5) is 5.69 Å². The highest BCUT2D eigenvalue weighted by Crippen LogP contribution is 2.52. The minimum absolute atomic E-state index is 0.0105. The summed E-state index contributed by atoms with van der Waals surface area (Å²) >= 11 is 0. The fraction of sp³-hybridized carbons (Fsp3) is 0.429. The number of rotatable bonds is 4. The van der Waals surface area contributed by atoms with E-state index < -0.39 is 5.97 Å². The Hall–Kier alpha value is -2.04. The largest absolute Gasteiger partial charge is 0.495 e. The molecule has 1 unspecified atom stereocenters. The second-order valence-corrected chi connectivity index (χ2v) is 5.45. The predicted molar refractivity (Wildman–Crippen MR) is 70.5 cm³/mol. The summed E-state index contributed by atoms with van der Waals surface area (Å²) in [6, 6.07) is 4.39. The van der Waals surface area contributed by atoms with Crippen molar-refractivity contribution >= 4 is 17.6 Å². The van der Waals surface area contributed by atoms with Gasteiger partial charge < -0.3 is 15.2 Å². The monoisotopic (exact) mass is 263 g/mol. The predicted octanol–water partition coefficient (Wildman–Crippen LogP) is 2.38. The molecule has 1 aliphatic carbocycles. The van der Waals surface area contributed by atoms with Gasteiger partial charge in [0.15, 0.2) is 0 Å². The van der Waals surface area contributed by atoms with Gasteiger partial charge in [0.05, 0.1) is 18.4 Å². The van der Waals surface area contributed by atoms with Crippen LogP contribution >= 0.6 is 0 Å². The van der Waals surface area contributed by atoms with Crippen molar-refractivity contribution < 1.29 is 19.4 Å². The number of carboxylic acids is 1. The van der Waals surface area contributed by atoms with E-state index >= 15 is 0 Å². The van der Waals surface area contributed by atoms with Gasteiger partial charge in [-0.15, -0.1) is 0 Å². The molecule has 1 aliphatic rings. The van der Waals surface area contributed by atoms with Crippen molar-refractivity contribution in [1.82, 2.24) is 0 Å². The molecule has 19 heavy (non-hydrogen) atoms. The number of hydrogen-bond acceptors (Lipinski definition) is 3. The molecule has 0 radical (unpaired) electrons. The van der Waals surface area contributed by atoms with Crippen LogP contribution in [0.3, 0.4) is 0 Å². The van der Waals surface area contributed by atoms with Crippen molar-refractivity contribution in [2.45, 2.75) is 20.3 Å². The summed E-state index contributed by atoms with van der Waals surface area (Å²) in [6.07, 6.45) is 0.869. The zero-order chi connectivity index (χ0) is 14.2. The van der Waals surface area contributed by atoms with Crippen LogP contribution in [0, 0.1) is 11.3 Å². The topological polar surface area (TPSA) is 75.6 Å². The number of amides is 1. The smallest absolute Gasteiger partial charge is 0.335 e. The van der Waals surface area contributed by atoms with Crippen molar-refractivity contribution in [3.8, 4) is 5.75 Å². The summed E-state index contributed by atoms with van der Waals surface area (Å²) in [5, 5.41) is 11.7. The second kappa shape index (κ2) is 4.57. The van der Waals surface area contributed by atoms with E-state index in [1.807, 2.05) is 13.8 Å². The molecule has 1 atom stereocenters. The van der Waals surface area contributed by atoms with Crippen molar-refractivity contribution in [2.75, 3.05) is 12.4 Å². The normalized spacial score (nSPS) is 19.6. The lowest BCUT2D eigenvalue weighted by Crippen LogP contribution is -2.17. The number of carbonyl (C=O) groups is 2. The molecule has 0 spiro atoms. The van der Waals surface area contributed by atoms with Gasteiger partial charge in [-0.25, -0.2) is 4.79 Å². The van der Waals surface area contributed by atoms with Crippen molar-refractivity contribution in [2.24, 2.45) is 11.3 Å². The number of carbonyl (C=O) groups excluding carboxylic acids is 1. The molecule has 5 nitrogen and oxygen atoms in total. The molecule has 2 N–H and O–H groups in total.